The van der Waals surface area contributed by atoms with Gasteiger partial charge in [0.25, 0.3) is 0 Å². The van der Waals surface area contributed by atoms with E-state index in [0.29, 0.717) is 18.2 Å². The highest BCUT2D eigenvalue weighted by Gasteiger charge is 2.23. The van der Waals surface area contributed by atoms with Gasteiger partial charge >= 0.3 is 0 Å². The van der Waals surface area contributed by atoms with Crippen LogP contribution in [0.25, 0.3) is 0 Å². The molecule has 1 aromatic carbocycles. The maximum absolute atomic E-state index is 5.95. The van der Waals surface area contributed by atoms with Crippen molar-refractivity contribution in [1.82, 2.24) is 10.2 Å². The van der Waals surface area contributed by atoms with Gasteiger partial charge in [0.05, 0.1) is 12.7 Å². The zero-order chi connectivity index (χ0) is 14.5. The number of hydrogen-bond donors (Lipinski definition) is 1. The molecule has 1 N–H and O–H groups in total. The van der Waals surface area contributed by atoms with Crippen molar-refractivity contribution in [3.8, 4) is 0 Å². The molecule has 0 spiro atoms. The van der Waals surface area contributed by atoms with Crippen molar-refractivity contribution in [2.75, 3.05) is 26.7 Å². The van der Waals surface area contributed by atoms with Crippen LogP contribution < -0.4 is 5.32 Å². The van der Waals surface area contributed by atoms with Gasteiger partial charge < -0.3 is 10.1 Å². The van der Waals surface area contributed by atoms with Crippen LogP contribution >= 0.6 is 11.6 Å². The quantitative estimate of drug-likeness (QED) is 0.903. The summed E-state index contributed by atoms with van der Waals surface area (Å²) in [4.78, 5) is 2.52. The van der Waals surface area contributed by atoms with Crippen molar-refractivity contribution >= 4 is 11.6 Å². The Labute approximate surface area is 127 Å². The molecule has 4 heteroatoms. The van der Waals surface area contributed by atoms with Crippen LogP contribution in [0, 0.1) is 0 Å². The van der Waals surface area contributed by atoms with Gasteiger partial charge in [-0.1, -0.05) is 23.7 Å². The van der Waals surface area contributed by atoms with Gasteiger partial charge in [-0.05, 0) is 45.0 Å². The maximum Gasteiger partial charge on any atom is 0.0674 e. The van der Waals surface area contributed by atoms with E-state index in [4.69, 9.17) is 16.3 Å². The van der Waals surface area contributed by atoms with Crippen LogP contribution in [0.15, 0.2) is 24.3 Å². The number of hydrogen-bond acceptors (Lipinski definition) is 3. The van der Waals surface area contributed by atoms with Crippen LogP contribution in [0.2, 0.25) is 5.02 Å². The number of benzene rings is 1. The van der Waals surface area contributed by atoms with Crippen LogP contribution in [0.4, 0.5) is 0 Å². The zero-order valence-corrected chi connectivity index (χ0v) is 13.4. The van der Waals surface area contributed by atoms with Crippen LogP contribution in [0.5, 0.6) is 0 Å². The van der Waals surface area contributed by atoms with E-state index in [-0.39, 0.29) is 0 Å². The molecule has 1 aromatic rings. The number of nitrogens with zero attached hydrogens (tertiary/aromatic N) is 1. The van der Waals surface area contributed by atoms with Crippen molar-refractivity contribution < 1.29 is 4.74 Å². The number of ether oxygens (including phenoxy) is 1. The fraction of sp³-hybridized carbons (Fsp3) is 0.625. The number of halogens is 1. The van der Waals surface area contributed by atoms with Crippen LogP contribution in [0.1, 0.15) is 31.9 Å². The summed E-state index contributed by atoms with van der Waals surface area (Å²) in [5.74, 6) is 0. The smallest absolute Gasteiger partial charge is 0.0674 e. The Kier molecular flexibility index (Phi) is 5.85. The first kappa shape index (κ1) is 15.8. The molecule has 1 aliphatic heterocycles. The fourth-order valence-electron chi connectivity index (χ4n) is 2.75. The fourth-order valence-corrected chi connectivity index (χ4v) is 2.88. The van der Waals surface area contributed by atoms with E-state index < -0.39 is 0 Å². The summed E-state index contributed by atoms with van der Waals surface area (Å²) < 4.78 is 5.68. The van der Waals surface area contributed by atoms with Crippen LogP contribution in [-0.4, -0.2) is 43.8 Å². The largest absolute Gasteiger partial charge is 0.376 e. The minimum absolute atomic E-state index is 0.342. The molecule has 0 bridgehead atoms. The van der Waals surface area contributed by atoms with Gasteiger partial charge in [-0.25, -0.2) is 0 Å². The third kappa shape index (κ3) is 4.19. The summed E-state index contributed by atoms with van der Waals surface area (Å²) in [5.41, 5.74) is 1.30. The van der Waals surface area contributed by atoms with Gasteiger partial charge in [0.1, 0.15) is 0 Å². The Morgan fingerprint density at radius 3 is 2.70 bits per heavy atom. The van der Waals surface area contributed by atoms with Crippen LogP contribution in [-0.2, 0) is 4.74 Å². The predicted molar refractivity (Wildman–Crippen MR) is 84.3 cm³/mol. The molecule has 0 amide bonds. The SMILES string of the molecule is CNC(CCN1CC(C)OCC1C)c1ccc(Cl)cc1. The van der Waals surface area contributed by atoms with Crippen molar-refractivity contribution in [2.24, 2.45) is 0 Å². The lowest BCUT2D eigenvalue weighted by molar-refractivity contribution is -0.0502. The highest BCUT2D eigenvalue weighted by Crippen LogP contribution is 2.21. The van der Waals surface area contributed by atoms with E-state index in [2.05, 4.69) is 36.2 Å². The van der Waals surface area contributed by atoms with E-state index in [1.165, 1.54) is 5.56 Å². The second-order valence-electron chi connectivity index (χ2n) is 5.67. The lowest BCUT2D eigenvalue weighted by Crippen LogP contribution is -2.48. The Morgan fingerprint density at radius 1 is 1.35 bits per heavy atom. The topological polar surface area (TPSA) is 24.5 Å². The molecule has 3 atom stereocenters. The van der Waals surface area contributed by atoms with Gasteiger partial charge in [-0.2, -0.15) is 0 Å². The molecule has 1 fully saturated rings. The molecule has 0 aromatic heterocycles. The molecule has 112 valence electrons. The van der Waals surface area contributed by atoms with Gasteiger partial charge in [0.15, 0.2) is 0 Å². The monoisotopic (exact) mass is 296 g/mol. The number of nitrogens with one attached hydrogen (secondary N) is 1. The molecule has 0 aliphatic carbocycles. The number of rotatable bonds is 5. The highest BCUT2D eigenvalue weighted by molar-refractivity contribution is 6.30. The third-order valence-electron chi connectivity index (χ3n) is 4.06. The molecule has 20 heavy (non-hydrogen) atoms. The second kappa shape index (κ2) is 7.41. The summed E-state index contributed by atoms with van der Waals surface area (Å²) in [6.07, 6.45) is 1.43. The van der Waals surface area contributed by atoms with Gasteiger partial charge in [0.2, 0.25) is 0 Å². The molecule has 0 saturated carbocycles. The molecule has 2 rings (SSSR count). The van der Waals surface area contributed by atoms with Gasteiger partial charge in [-0.3, -0.25) is 4.90 Å². The summed E-state index contributed by atoms with van der Waals surface area (Å²) in [7, 11) is 2.02. The minimum atomic E-state index is 0.342. The van der Waals surface area contributed by atoms with Crippen LogP contribution in [0.3, 0.4) is 0 Å². The summed E-state index contributed by atoms with van der Waals surface area (Å²) in [5, 5.41) is 4.19. The third-order valence-corrected chi connectivity index (χ3v) is 4.31. The van der Waals surface area contributed by atoms with Crippen molar-refractivity contribution in [1.29, 1.82) is 0 Å². The van der Waals surface area contributed by atoms with E-state index in [1.807, 2.05) is 19.2 Å². The average Bonchev–Trinajstić information content (AvgIpc) is 2.45. The Morgan fingerprint density at radius 2 is 2.05 bits per heavy atom. The first-order chi connectivity index (χ1) is 9.60. The normalized spacial score (nSPS) is 25.6. The number of morpholine rings is 1. The first-order valence-corrected chi connectivity index (χ1v) is 7.76. The van der Waals surface area contributed by atoms with E-state index >= 15 is 0 Å². The molecule has 1 saturated heterocycles. The highest BCUT2D eigenvalue weighted by atomic mass is 35.5. The Balaban J connectivity index is 1.91. The molecule has 0 radical (unpaired) electrons. The molecule has 3 unspecified atom stereocenters. The summed E-state index contributed by atoms with van der Waals surface area (Å²) >= 11 is 5.95. The van der Waals surface area contributed by atoms with Crippen molar-refractivity contribution in [3.05, 3.63) is 34.9 Å². The zero-order valence-electron chi connectivity index (χ0n) is 12.6. The maximum atomic E-state index is 5.95. The van der Waals surface area contributed by atoms with Crippen molar-refractivity contribution in [2.45, 2.75) is 38.5 Å². The predicted octanol–water partition coefficient (Wildman–Crippen LogP) is 3.10. The molecular weight excluding hydrogens is 272 g/mol. The molecular formula is C16H25ClN2O. The lowest BCUT2D eigenvalue weighted by Gasteiger charge is -2.37. The molecule has 1 heterocycles. The molecule has 1 aliphatic rings. The Bertz CT molecular complexity index is 409. The average molecular weight is 297 g/mol. The first-order valence-electron chi connectivity index (χ1n) is 7.38. The standard InChI is InChI=1S/C16H25ClN2O/c1-12-11-20-13(2)10-19(12)9-8-16(18-3)14-4-6-15(17)7-5-14/h4-7,12-13,16,18H,8-11H2,1-3H3. The van der Waals surface area contributed by atoms with E-state index in [0.717, 1.165) is 31.1 Å². The molecule has 3 nitrogen and oxygen atoms in total. The lowest BCUT2D eigenvalue weighted by atomic mass is 10.0. The van der Waals surface area contributed by atoms with Gasteiger partial charge in [-0.15, -0.1) is 0 Å². The van der Waals surface area contributed by atoms with Gasteiger partial charge in [0, 0.05) is 30.2 Å². The second-order valence-corrected chi connectivity index (χ2v) is 6.11. The summed E-state index contributed by atoms with van der Waals surface area (Å²) in [6, 6.07) is 9.01. The van der Waals surface area contributed by atoms with Crippen molar-refractivity contribution in [3.63, 3.8) is 0 Å². The summed E-state index contributed by atoms with van der Waals surface area (Å²) in [6.45, 7) is 7.34. The van der Waals surface area contributed by atoms with E-state index in [9.17, 15) is 0 Å². The van der Waals surface area contributed by atoms with E-state index in [1.54, 1.807) is 0 Å². The minimum Gasteiger partial charge on any atom is -0.376 e. The Hall–Kier alpha value is -0.610.